The molecule has 0 spiro atoms. The Labute approximate surface area is 221 Å². The van der Waals surface area contributed by atoms with Crippen molar-refractivity contribution in [2.24, 2.45) is 7.05 Å². The molecule has 2 aromatic carbocycles. The van der Waals surface area contributed by atoms with Crippen LogP contribution in [0.5, 0.6) is 5.75 Å². The number of nitrogens with zero attached hydrogens (tertiary/aromatic N) is 2. The zero-order valence-electron chi connectivity index (χ0n) is 21.2. The molecule has 4 rings (SSSR count). The highest BCUT2D eigenvalue weighted by molar-refractivity contribution is 8.00. The zero-order valence-corrected chi connectivity index (χ0v) is 22.8. The number of thioether (sulfide) groups is 1. The standard InChI is InChI=1S/C29H31ClN2O3S/c1-18-6-11-21(31-16-18)17-35-22-12-13-25-23(15-22)27(36-29(2,3)4)26(32(25)5)24(28(33)34)14-19-7-9-20(30)10-8-19/h6-13,15-16,24H,14,17H2,1-5H3,(H,33,34). The summed E-state index contributed by atoms with van der Waals surface area (Å²) < 4.78 is 7.98. The lowest BCUT2D eigenvalue weighted by Crippen LogP contribution is -2.19. The van der Waals surface area contributed by atoms with Gasteiger partial charge in [0.2, 0.25) is 0 Å². The highest BCUT2D eigenvalue weighted by Crippen LogP contribution is 2.44. The number of hydrogen-bond donors (Lipinski definition) is 1. The monoisotopic (exact) mass is 522 g/mol. The first-order chi connectivity index (χ1) is 17.0. The number of aromatic nitrogens is 2. The Balaban J connectivity index is 1.76. The lowest BCUT2D eigenvalue weighted by atomic mass is 9.96. The van der Waals surface area contributed by atoms with Crippen molar-refractivity contribution < 1.29 is 14.6 Å². The molecule has 0 amide bonds. The molecule has 1 N–H and O–H groups in total. The summed E-state index contributed by atoms with van der Waals surface area (Å²) in [6.07, 6.45) is 2.20. The molecule has 188 valence electrons. The number of hydrogen-bond acceptors (Lipinski definition) is 4. The molecule has 5 nitrogen and oxygen atoms in total. The Morgan fingerprint density at radius 3 is 2.47 bits per heavy atom. The summed E-state index contributed by atoms with van der Waals surface area (Å²) >= 11 is 7.74. The average Bonchev–Trinajstić information content (AvgIpc) is 3.07. The molecular formula is C29H31ClN2O3S. The van der Waals surface area contributed by atoms with Crippen LogP contribution in [-0.2, 0) is 24.9 Å². The number of carboxylic acid groups (broad SMARTS) is 1. The summed E-state index contributed by atoms with van der Waals surface area (Å²) in [6, 6.07) is 17.3. The van der Waals surface area contributed by atoms with Crippen LogP contribution in [0.4, 0.5) is 0 Å². The van der Waals surface area contributed by atoms with Crippen LogP contribution in [0.25, 0.3) is 10.9 Å². The van der Waals surface area contributed by atoms with E-state index in [0.29, 0.717) is 18.1 Å². The molecule has 1 atom stereocenters. The van der Waals surface area contributed by atoms with E-state index in [4.69, 9.17) is 16.3 Å². The van der Waals surface area contributed by atoms with Crippen molar-refractivity contribution in [3.63, 3.8) is 0 Å². The SMILES string of the molecule is Cc1ccc(COc2ccc3c(c2)c(SC(C)(C)C)c(C(Cc2ccc(Cl)cc2)C(=O)O)n3C)nc1. The summed E-state index contributed by atoms with van der Waals surface area (Å²) in [7, 11) is 1.94. The van der Waals surface area contributed by atoms with E-state index in [1.54, 1.807) is 23.9 Å². The minimum atomic E-state index is -0.853. The molecule has 0 radical (unpaired) electrons. The largest absolute Gasteiger partial charge is 0.487 e. The Morgan fingerprint density at radius 2 is 1.86 bits per heavy atom. The van der Waals surface area contributed by atoms with Crippen LogP contribution < -0.4 is 4.74 Å². The number of carbonyl (C=O) groups is 1. The van der Waals surface area contributed by atoms with E-state index in [9.17, 15) is 9.90 Å². The highest BCUT2D eigenvalue weighted by atomic mass is 35.5. The maximum absolute atomic E-state index is 12.6. The molecule has 4 aromatic rings. The fourth-order valence-electron chi connectivity index (χ4n) is 4.20. The van der Waals surface area contributed by atoms with Gasteiger partial charge in [-0.2, -0.15) is 0 Å². The van der Waals surface area contributed by atoms with Crippen molar-refractivity contribution >= 4 is 40.2 Å². The number of carboxylic acids is 1. The third kappa shape index (κ3) is 6.05. The molecule has 0 aliphatic carbocycles. The lowest BCUT2D eigenvalue weighted by molar-refractivity contribution is -0.139. The van der Waals surface area contributed by atoms with E-state index < -0.39 is 11.9 Å². The number of ether oxygens (including phenoxy) is 1. The number of aryl methyl sites for hydroxylation is 2. The van der Waals surface area contributed by atoms with Crippen molar-refractivity contribution in [1.29, 1.82) is 0 Å². The van der Waals surface area contributed by atoms with E-state index in [1.807, 2.05) is 67.2 Å². The Kier molecular flexibility index (Phi) is 7.67. The lowest BCUT2D eigenvalue weighted by Gasteiger charge is -2.21. The molecule has 2 aromatic heterocycles. The minimum Gasteiger partial charge on any atom is -0.487 e. The summed E-state index contributed by atoms with van der Waals surface area (Å²) in [5, 5.41) is 11.9. The van der Waals surface area contributed by atoms with Gasteiger partial charge in [-0.05, 0) is 60.9 Å². The van der Waals surface area contributed by atoms with Gasteiger partial charge in [0, 0.05) is 44.5 Å². The smallest absolute Gasteiger partial charge is 0.312 e. The van der Waals surface area contributed by atoms with E-state index in [-0.39, 0.29) is 4.75 Å². The first-order valence-electron chi connectivity index (χ1n) is 11.8. The predicted octanol–water partition coefficient (Wildman–Crippen LogP) is 7.42. The van der Waals surface area contributed by atoms with Crippen LogP contribution in [-0.4, -0.2) is 25.4 Å². The van der Waals surface area contributed by atoms with Crippen LogP contribution in [0.3, 0.4) is 0 Å². The number of aliphatic carboxylic acids is 1. The number of halogens is 1. The first-order valence-corrected chi connectivity index (χ1v) is 13.0. The molecule has 0 fully saturated rings. The maximum Gasteiger partial charge on any atom is 0.312 e. The molecular weight excluding hydrogens is 492 g/mol. The van der Waals surface area contributed by atoms with E-state index in [1.165, 1.54) is 0 Å². The fraction of sp³-hybridized carbons (Fsp3) is 0.310. The van der Waals surface area contributed by atoms with Crippen molar-refractivity contribution in [2.75, 3.05) is 0 Å². The minimum absolute atomic E-state index is 0.116. The van der Waals surface area contributed by atoms with Gasteiger partial charge < -0.3 is 14.4 Å². The molecule has 2 heterocycles. The highest BCUT2D eigenvalue weighted by Gasteiger charge is 2.31. The number of fused-ring (bicyclic) bond motifs is 1. The van der Waals surface area contributed by atoms with Crippen molar-refractivity contribution in [1.82, 2.24) is 9.55 Å². The molecule has 0 aliphatic rings. The summed E-state index contributed by atoms with van der Waals surface area (Å²) in [6.45, 7) is 8.78. The van der Waals surface area contributed by atoms with E-state index >= 15 is 0 Å². The normalized spacial score (nSPS) is 12.6. The first kappa shape index (κ1) is 26.1. The Bertz CT molecular complexity index is 1370. The van der Waals surface area contributed by atoms with Gasteiger partial charge in [0.15, 0.2) is 0 Å². The van der Waals surface area contributed by atoms with Crippen molar-refractivity contribution in [3.8, 4) is 5.75 Å². The third-order valence-corrected chi connectivity index (χ3v) is 7.41. The van der Waals surface area contributed by atoms with Gasteiger partial charge in [0.25, 0.3) is 0 Å². The zero-order chi connectivity index (χ0) is 26.0. The van der Waals surface area contributed by atoms with Gasteiger partial charge in [0.05, 0.1) is 5.69 Å². The fourth-order valence-corrected chi connectivity index (χ4v) is 5.60. The van der Waals surface area contributed by atoms with Gasteiger partial charge in [-0.3, -0.25) is 9.78 Å². The molecule has 0 saturated heterocycles. The number of pyridine rings is 1. The number of rotatable bonds is 8. The molecule has 36 heavy (non-hydrogen) atoms. The second-order valence-corrected chi connectivity index (χ2v) is 12.3. The topological polar surface area (TPSA) is 64.3 Å². The molecule has 0 bridgehead atoms. The quantitative estimate of drug-likeness (QED) is 0.244. The summed E-state index contributed by atoms with van der Waals surface area (Å²) in [5.41, 5.74) is 4.66. The van der Waals surface area contributed by atoms with Crippen molar-refractivity contribution in [2.45, 2.75) is 56.3 Å². The summed E-state index contributed by atoms with van der Waals surface area (Å²) in [4.78, 5) is 18.0. The third-order valence-electron chi connectivity index (χ3n) is 5.92. The second-order valence-electron chi connectivity index (χ2n) is 10.0. The van der Waals surface area contributed by atoms with Gasteiger partial charge >= 0.3 is 5.97 Å². The average molecular weight is 523 g/mol. The van der Waals surface area contributed by atoms with Crippen molar-refractivity contribution in [3.05, 3.63) is 88.3 Å². The Hall–Kier alpha value is -2.96. The van der Waals surface area contributed by atoms with Crippen LogP contribution in [0, 0.1) is 6.92 Å². The van der Waals surface area contributed by atoms with Crippen LogP contribution >= 0.6 is 23.4 Å². The van der Waals surface area contributed by atoms with Crippen LogP contribution in [0.2, 0.25) is 5.02 Å². The van der Waals surface area contributed by atoms with Gasteiger partial charge in [-0.1, -0.05) is 50.6 Å². The van der Waals surface area contributed by atoms with E-state index in [2.05, 4.69) is 25.8 Å². The molecule has 0 aliphatic heterocycles. The maximum atomic E-state index is 12.6. The van der Waals surface area contributed by atoms with Gasteiger partial charge in [-0.25, -0.2) is 0 Å². The van der Waals surface area contributed by atoms with Gasteiger partial charge in [0.1, 0.15) is 18.3 Å². The summed E-state index contributed by atoms with van der Waals surface area (Å²) in [5.74, 6) is -0.842. The molecule has 0 saturated carbocycles. The number of benzene rings is 2. The molecule has 1 unspecified atom stereocenters. The van der Waals surface area contributed by atoms with Gasteiger partial charge in [-0.15, -0.1) is 11.8 Å². The second kappa shape index (κ2) is 10.6. The predicted molar refractivity (Wildman–Crippen MR) is 147 cm³/mol. The van der Waals surface area contributed by atoms with E-state index in [0.717, 1.165) is 44.1 Å². The Morgan fingerprint density at radius 1 is 1.14 bits per heavy atom. The molecule has 7 heteroatoms. The van der Waals surface area contributed by atoms with Crippen LogP contribution in [0.15, 0.2) is 65.7 Å². The van der Waals surface area contributed by atoms with Crippen LogP contribution in [0.1, 0.15) is 49.2 Å².